The normalized spacial score (nSPS) is 19.7. The number of hydrogen-bond acceptors (Lipinski definition) is 7. The number of anilines is 1. The lowest BCUT2D eigenvalue weighted by Gasteiger charge is -2.44. The van der Waals surface area contributed by atoms with Crippen molar-refractivity contribution in [3.63, 3.8) is 0 Å². The quantitative estimate of drug-likeness (QED) is 0.174. The van der Waals surface area contributed by atoms with Gasteiger partial charge in [0.1, 0.15) is 0 Å². The monoisotopic (exact) mass is 405 g/mol. The maximum absolute atomic E-state index is 6.42. The summed E-state index contributed by atoms with van der Waals surface area (Å²) < 4.78 is 3.12. The second kappa shape index (κ2) is 9.82. The van der Waals surface area contributed by atoms with E-state index in [-0.39, 0.29) is 6.04 Å². The van der Waals surface area contributed by atoms with E-state index < -0.39 is 0 Å². The summed E-state index contributed by atoms with van der Waals surface area (Å²) in [5.41, 5.74) is 8.38. The average Bonchev–Trinajstić information content (AvgIpc) is 2.62. The van der Waals surface area contributed by atoms with Gasteiger partial charge in [0.2, 0.25) is 0 Å². The van der Waals surface area contributed by atoms with Crippen LogP contribution in [0, 0.1) is 0 Å². The predicted octanol–water partition coefficient (Wildman–Crippen LogP) is 2.55. The minimum absolute atomic E-state index is 0.213. The van der Waals surface area contributed by atoms with E-state index in [0.29, 0.717) is 17.9 Å². The number of hydrogen-bond donors (Lipinski definition) is 4. The Hall–Kier alpha value is -1.48. The van der Waals surface area contributed by atoms with Crippen LogP contribution < -0.4 is 21.6 Å². The Kier molecular flexibility index (Phi) is 7.45. The first kappa shape index (κ1) is 21.2. The number of nitrogens with zero attached hydrogens (tertiary/aromatic N) is 3. The lowest BCUT2D eigenvalue weighted by atomic mass is 9.95. The van der Waals surface area contributed by atoms with Gasteiger partial charge >= 0.3 is 0 Å². The third-order valence-electron chi connectivity index (χ3n) is 5.67. The van der Waals surface area contributed by atoms with Crippen LogP contribution in [0.4, 0.5) is 5.69 Å². The molecular formula is C20H35N7S. The van der Waals surface area contributed by atoms with Crippen molar-refractivity contribution in [1.29, 1.82) is 0 Å². The SMILES string of the molecule is CNSc1ccc(NC2CCCCC2)c(/C(N)=N/N(N)C2CN(C(C)C)C2)c1. The first-order chi connectivity index (χ1) is 13.5. The Morgan fingerprint density at radius 1 is 1.25 bits per heavy atom. The highest BCUT2D eigenvalue weighted by Crippen LogP contribution is 2.27. The van der Waals surface area contributed by atoms with Gasteiger partial charge in [0.15, 0.2) is 5.84 Å². The standard InChI is InChI=1S/C20H35N7S/c1-14(2)26-12-16(13-26)27(22)25-20(21)18-11-17(28-23-3)9-10-19(18)24-15-7-5-4-6-8-15/h9-11,14-16,23-24H,4-8,12-13,22H2,1-3H3,(H2,21,25). The maximum atomic E-state index is 6.42. The minimum atomic E-state index is 0.213. The molecule has 0 bridgehead atoms. The highest BCUT2D eigenvalue weighted by Gasteiger charge is 2.32. The average molecular weight is 406 g/mol. The summed E-state index contributed by atoms with van der Waals surface area (Å²) in [5, 5.41) is 9.76. The molecule has 1 aromatic rings. The molecule has 0 amide bonds. The first-order valence-corrected chi connectivity index (χ1v) is 11.2. The molecule has 0 aromatic heterocycles. The molecule has 28 heavy (non-hydrogen) atoms. The largest absolute Gasteiger partial charge is 0.382 e. The van der Waals surface area contributed by atoms with Gasteiger partial charge in [0, 0.05) is 41.3 Å². The highest BCUT2D eigenvalue weighted by atomic mass is 32.2. The van der Waals surface area contributed by atoms with Crippen LogP contribution in [0.25, 0.3) is 0 Å². The first-order valence-electron chi connectivity index (χ1n) is 10.3. The molecule has 1 aliphatic carbocycles. The Labute approximate surface area is 173 Å². The second-order valence-corrected chi connectivity index (χ2v) is 9.14. The van der Waals surface area contributed by atoms with E-state index in [1.165, 1.54) is 37.2 Å². The predicted molar refractivity (Wildman–Crippen MR) is 119 cm³/mol. The summed E-state index contributed by atoms with van der Waals surface area (Å²) in [5.74, 6) is 6.67. The summed E-state index contributed by atoms with van der Waals surface area (Å²) in [7, 11) is 1.91. The molecule has 1 aliphatic heterocycles. The van der Waals surface area contributed by atoms with Gasteiger partial charge in [-0.15, -0.1) is 5.10 Å². The Morgan fingerprint density at radius 3 is 2.61 bits per heavy atom. The van der Waals surface area contributed by atoms with Crippen molar-refractivity contribution in [3.8, 4) is 0 Å². The number of nitrogens with one attached hydrogen (secondary N) is 2. The molecule has 156 valence electrons. The molecular weight excluding hydrogens is 370 g/mol. The van der Waals surface area contributed by atoms with Gasteiger partial charge in [-0.2, -0.15) is 0 Å². The van der Waals surface area contributed by atoms with Gasteiger partial charge in [0.05, 0.1) is 6.04 Å². The fraction of sp³-hybridized carbons (Fsp3) is 0.650. The third-order valence-corrected chi connectivity index (χ3v) is 6.36. The zero-order valence-electron chi connectivity index (χ0n) is 17.3. The van der Waals surface area contributed by atoms with Gasteiger partial charge < -0.3 is 11.1 Å². The summed E-state index contributed by atoms with van der Waals surface area (Å²) in [6.07, 6.45) is 6.33. The molecule has 3 rings (SSSR count). The van der Waals surface area contributed by atoms with Crippen molar-refractivity contribution in [2.75, 3.05) is 25.5 Å². The van der Waals surface area contributed by atoms with Crippen LogP contribution in [-0.2, 0) is 0 Å². The molecule has 2 aliphatic rings. The molecule has 0 radical (unpaired) electrons. The van der Waals surface area contributed by atoms with Gasteiger partial charge in [-0.3, -0.25) is 9.62 Å². The van der Waals surface area contributed by atoms with Crippen LogP contribution in [0.1, 0.15) is 51.5 Å². The minimum Gasteiger partial charge on any atom is -0.382 e. The molecule has 1 saturated heterocycles. The van der Waals surface area contributed by atoms with E-state index in [2.05, 4.69) is 52.1 Å². The van der Waals surface area contributed by atoms with Crippen LogP contribution in [0.5, 0.6) is 0 Å². The molecule has 8 heteroatoms. The third kappa shape index (κ3) is 5.31. The van der Waals surface area contributed by atoms with E-state index in [9.17, 15) is 0 Å². The molecule has 7 nitrogen and oxygen atoms in total. The number of nitrogens with two attached hydrogens (primary N) is 2. The fourth-order valence-electron chi connectivity index (χ4n) is 3.85. The van der Waals surface area contributed by atoms with Crippen LogP contribution in [0.15, 0.2) is 28.2 Å². The van der Waals surface area contributed by atoms with E-state index >= 15 is 0 Å². The Morgan fingerprint density at radius 2 is 1.96 bits per heavy atom. The lowest BCUT2D eigenvalue weighted by molar-refractivity contribution is 0.0147. The number of benzene rings is 1. The number of likely N-dealkylation sites (tertiary alicyclic amines) is 1. The van der Waals surface area contributed by atoms with Crippen molar-refractivity contribution in [1.82, 2.24) is 14.7 Å². The van der Waals surface area contributed by atoms with E-state index in [4.69, 9.17) is 11.6 Å². The Balaban J connectivity index is 1.75. The number of hydrazone groups is 1. The molecule has 2 fully saturated rings. The van der Waals surface area contributed by atoms with Gasteiger partial charge in [0.25, 0.3) is 0 Å². The lowest BCUT2D eigenvalue weighted by Crippen LogP contribution is -2.61. The molecule has 0 atom stereocenters. The summed E-state index contributed by atoms with van der Waals surface area (Å²) in [4.78, 5) is 3.47. The summed E-state index contributed by atoms with van der Waals surface area (Å²) in [6, 6.07) is 7.55. The van der Waals surface area contributed by atoms with Gasteiger partial charge in [-0.25, -0.2) is 11.0 Å². The molecule has 6 N–H and O–H groups in total. The highest BCUT2D eigenvalue weighted by molar-refractivity contribution is 7.97. The van der Waals surface area contributed by atoms with Crippen molar-refractivity contribution in [3.05, 3.63) is 23.8 Å². The van der Waals surface area contributed by atoms with E-state index in [1.54, 1.807) is 11.9 Å². The van der Waals surface area contributed by atoms with Crippen LogP contribution in [0.2, 0.25) is 0 Å². The second-order valence-electron chi connectivity index (χ2n) is 8.06. The topological polar surface area (TPSA) is 94.9 Å². The fourth-order valence-corrected chi connectivity index (χ4v) is 4.39. The van der Waals surface area contributed by atoms with Crippen molar-refractivity contribution in [2.24, 2.45) is 16.7 Å². The van der Waals surface area contributed by atoms with Crippen LogP contribution in [0.3, 0.4) is 0 Å². The van der Waals surface area contributed by atoms with E-state index in [1.807, 2.05) is 7.05 Å². The van der Waals surface area contributed by atoms with Crippen molar-refractivity contribution < 1.29 is 0 Å². The zero-order valence-corrected chi connectivity index (χ0v) is 18.1. The molecule has 0 spiro atoms. The van der Waals surface area contributed by atoms with Crippen molar-refractivity contribution in [2.45, 2.75) is 69.0 Å². The maximum Gasteiger partial charge on any atom is 0.154 e. The molecule has 1 saturated carbocycles. The number of amidine groups is 1. The summed E-state index contributed by atoms with van der Waals surface area (Å²) >= 11 is 1.57. The Bertz CT molecular complexity index is 667. The van der Waals surface area contributed by atoms with E-state index in [0.717, 1.165) is 29.2 Å². The van der Waals surface area contributed by atoms with Crippen LogP contribution in [-0.4, -0.2) is 54.1 Å². The smallest absolute Gasteiger partial charge is 0.154 e. The number of hydrazine groups is 1. The van der Waals surface area contributed by atoms with Crippen LogP contribution >= 0.6 is 11.9 Å². The van der Waals surface area contributed by atoms with Gasteiger partial charge in [-0.1, -0.05) is 19.3 Å². The summed E-state index contributed by atoms with van der Waals surface area (Å²) in [6.45, 7) is 6.24. The van der Waals surface area contributed by atoms with Crippen molar-refractivity contribution >= 4 is 23.5 Å². The number of rotatable bonds is 8. The van der Waals surface area contributed by atoms with Gasteiger partial charge in [-0.05, 0) is 63.9 Å². The molecule has 1 heterocycles. The zero-order chi connectivity index (χ0) is 20.1. The molecule has 1 aromatic carbocycles. The molecule has 0 unspecified atom stereocenters.